The monoisotopic (exact) mass is 360 g/mol. The maximum absolute atomic E-state index is 4.64. The van der Waals surface area contributed by atoms with E-state index in [9.17, 15) is 0 Å². The van der Waals surface area contributed by atoms with Crippen LogP contribution >= 0.6 is 24.4 Å². The van der Waals surface area contributed by atoms with E-state index >= 15 is 0 Å². The first-order chi connectivity index (χ1) is 12.3. The van der Waals surface area contributed by atoms with Gasteiger partial charge in [-0.15, -0.1) is 0 Å². The minimum absolute atomic E-state index is 0.760. The number of hydrogen-bond acceptors (Lipinski definition) is 6. The molecule has 4 nitrogen and oxygen atoms in total. The van der Waals surface area contributed by atoms with E-state index in [4.69, 9.17) is 0 Å². The van der Waals surface area contributed by atoms with Crippen LogP contribution in [0.1, 0.15) is 11.1 Å². The molecule has 0 aromatic heterocycles. The topological polar surface area (TPSA) is 49.1 Å². The molecule has 0 saturated heterocycles. The fraction of sp³-hybridized carbons (Fsp3) is 0. The zero-order valence-corrected chi connectivity index (χ0v) is 14.6. The number of nitrogens with one attached hydrogen (secondary N) is 1. The predicted molar refractivity (Wildman–Crippen MR) is 110 cm³/mol. The molecule has 1 aliphatic rings. The molecule has 1 heterocycles. The molecule has 0 unspecified atom stereocenters. The summed E-state index contributed by atoms with van der Waals surface area (Å²) < 4.78 is 0. The predicted octanol–water partition coefficient (Wildman–Crippen LogP) is 5.17. The molecule has 0 bridgehead atoms. The molecule has 0 aliphatic carbocycles. The first kappa shape index (κ1) is 16.8. The molecule has 0 spiro atoms. The molecule has 25 heavy (non-hydrogen) atoms. The van der Waals surface area contributed by atoms with Gasteiger partial charge in [0.1, 0.15) is 0 Å². The van der Waals surface area contributed by atoms with Crippen molar-refractivity contribution in [2.24, 2.45) is 15.1 Å². The molecule has 6 heteroatoms. The fourth-order valence-corrected chi connectivity index (χ4v) is 2.62. The first-order valence-electron chi connectivity index (χ1n) is 7.38. The summed E-state index contributed by atoms with van der Waals surface area (Å²) in [4.78, 5) is 7.96. The van der Waals surface area contributed by atoms with Crippen molar-refractivity contribution in [1.29, 1.82) is 0 Å². The highest BCUT2D eigenvalue weighted by Gasteiger charge is 2.11. The lowest BCUT2D eigenvalue weighted by atomic mass is 9.99. The van der Waals surface area contributed by atoms with Gasteiger partial charge in [0, 0.05) is 17.4 Å². The highest BCUT2D eigenvalue weighted by molar-refractivity contribution is 7.78. The molecule has 3 rings (SSSR count). The van der Waals surface area contributed by atoms with Gasteiger partial charge in [-0.1, -0.05) is 30.3 Å². The van der Waals surface area contributed by atoms with E-state index in [-0.39, 0.29) is 0 Å². The Morgan fingerprint density at radius 3 is 1.92 bits per heavy atom. The molecule has 0 fully saturated rings. The minimum atomic E-state index is 0.760. The van der Waals surface area contributed by atoms with Crippen LogP contribution in [0.5, 0.6) is 0 Å². The molecule has 0 radical (unpaired) electrons. The third-order valence-corrected chi connectivity index (χ3v) is 3.74. The van der Waals surface area contributed by atoms with Crippen molar-refractivity contribution in [3.8, 4) is 0 Å². The SMILES string of the molecule is S=C=Nc1ccc(C2=C(c3ccc(N=C=S)cc3)NN=CC=C2)cc1. The van der Waals surface area contributed by atoms with E-state index < -0.39 is 0 Å². The Labute approximate surface area is 156 Å². The Bertz CT molecular complexity index is 957. The van der Waals surface area contributed by atoms with E-state index in [1.165, 1.54) is 0 Å². The molecule has 0 saturated carbocycles. The number of aliphatic imine (C=N–C) groups is 2. The number of allylic oxidation sites excluding steroid dienone is 3. The minimum Gasteiger partial charge on any atom is -0.277 e. The van der Waals surface area contributed by atoms with Crippen molar-refractivity contribution in [2.75, 3.05) is 0 Å². The summed E-state index contributed by atoms with van der Waals surface area (Å²) in [6.07, 6.45) is 5.62. The Kier molecular flexibility index (Phi) is 5.52. The molecular formula is C19H12N4S2. The molecule has 2 aromatic carbocycles. The van der Waals surface area contributed by atoms with Crippen LogP contribution in [-0.2, 0) is 0 Å². The van der Waals surface area contributed by atoms with E-state index in [0.29, 0.717) is 0 Å². The van der Waals surface area contributed by atoms with Gasteiger partial charge in [-0.3, -0.25) is 5.43 Å². The summed E-state index contributed by atoms with van der Waals surface area (Å²) in [7, 11) is 0. The summed E-state index contributed by atoms with van der Waals surface area (Å²) in [6.45, 7) is 0. The van der Waals surface area contributed by atoms with Crippen LogP contribution in [0.2, 0.25) is 0 Å². The second-order valence-corrected chi connectivity index (χ2v) is 5.40. The number of benzene rings is 2. The summed E-state index contributed by atoms with van der Waals surface area (Å²) in [5, 5.41) is 8.94. The maximum Gasteiger partial charge on any atom is 0.0740 e. The third kappa shape index (κ3) is 4.10. The van der Waals surface area contributed by atoms with E-state index in [1.54, 1.807) is 6.21 Å². The first-order valence-corrected chi connectivity index (χ1v) is 8.20. The molecule has 0 amide bonds. The smallest absolute Gasteiger partial charge is 0.0740 e. The summed E-state index contributed by atoms with van der Waals surface area (Å²) >= 11 is 9.28. The number of nitrogens with zero attached hydrogens (tertiary/aromatic N) is 3. The van der Waals surface area contributed by atoms with Crippen molar-refractivity contribution >= 4 is 63.6 Å². The number of hydrazone groups is 1. The lowest BCUT2D eigenvalue weighted by Gasteiger charge is -2.12. The van der Waals surface area contributed by atoms with Gasteiger partial charge in [0.05, 0.1) is 27.4 Å². The van der Waals surface area contributed by atoms with E-state index in [0.717, 1.165) is 33.8 Å². The van der Waals surface area contributed by atoms with Crippen LogP contribution < -0.4 is 5.43 Å². The average molecular weight is 360 g/mol. The van der Waals surface area contributed by atoms with Gasteiger partial charge in [0.15, 0.2) is 0 Å². The Hall–Kier alpha value is -3.01. The summed E-state index contributed by atoms with van der Waals surface area (Å²) in [5.41, 5.74) is 8.57. The molecular weight excluding hydrogens is 348 g/mol. The van der Waals surface area contributed by atoms with Gasteiger partial charge in [-0.2, -0.15) is 15.1 Å². The number of rotatable bonds is 4. The van der Waals surface area contributed by atoms with E-state index in [2.05, 4.69) is 55.3 Å². The van der Waals surface area contributed by atoms with Crippen LogP contribution in [0.3, 0.4) is 0 Å². The Morgan fingerprint density at radius 1 is 0.800 bits per heavy atom. The van der Waals surface area contributed by atoms with Crippen molar-refractivity contribution in [3.63, 3.8) is 0 Å². The van der Waals surface area contributed by atoms with Gasteiger partial charge in [-0.25, -0.2) is 0 Å². The molecule has 120 valence electrons. The van der Waals surface area contributed by atoms with Gasteiger partial charge in [0.2, 0.25) is 0 Å². The fourth-order valence-electron chi connectivity index (χ4n) is 2.41. The molecule has 2 aromatic rings. The third-order valence-electron chi connectivity index (χ3n) is 3.55. The number of thiocarbonyl (C=S) groups is 2. The Morgan fingerprint density at radius 2 is 1.36 bits per heavy atom. The van der Waals surface area contributed by atoms with Gasteiger partial charge >= 0.3 is 0 Å². The van der Waals surface area contributed by atoms with Crippen molar-refractivity contribution in [1.82, 2.24) is 5.43 Å². The second kappa shape index (κ2) is 8.20. The largest absolute Gasteiger partial charge is 0.277 e. The van der Waals surface area contributed by atoms with Crippen molar-refractivity contribution < 1.29 is 0 Å². The number of isothiocyanates is 2. The molecule has 1 N–H and O–H groups in total. The van der Waals surface area contributed by atoms with E-state index in [1.807, 2.05) is 60.7 Å². The highest BCUT2D eigenvalue weighted by Crippen LogP contribution is 2.29. The normalized spacial score (nSPS) is 12.6. The van der Waals surface area contributed by atoms with Crippen LogP contribution in [0.25, 0.3) is 11.3 Å². The second-order valence-electron chi connectivity index (χ2n) is 5.04. The molecule has 1 aliphatic heterocycles. The summed E-state index contributed by atoms with van der Waals surface area (Å²) in [6, 6.07) is 15.5. The quantitative estimate of drug-likeness (QED) is 0.604. The summed E-state index contributed by atoms with van der Waals surface area (Å²) in [5.74, 6) is 0. The zero-order chi connectivity index (χ0) is 17.5. The van der Waals surface area contributed by atoms with Gasteiger partial charge in [-0.05, 0) is 60.3 Å². The zero-order valence-electron chi connectivity index (χ0n) is 13.0. The van der Waals surface area contributed by atoms with Crippen LogP contribution in [0, 0.1) is 0 Å². The standard InChI is InChI=1S/C19H12N4S2/c24-12-20-16-7-3-14(4-8-16)18-2-1-11-22-23-19(18)15-5-9-17(10-6-15)21-13-25/h1-11,23H. The van der Waals surface area contributed by atoms with Crippen LogP contribution in [0.4, 0.5) is 11.4 Å². The highest BCUT2D eigenvalue weighted by atomic mass is 32.1. The van der Waals surface area contributed by atoms with Gasteiger partial charge < -0.3 is 0 Å². The van der Waals surface area contributed by atoms with Crippen LogP contribution in [0.15, 0.2) is 75.8 Å². The van der Waals surface area contributed by atoms with Gasteiger partial charge in [0.25, 0.3) is 0 Å². The average Bonchev–Trinajstić information content (AvgIpc) is 2.90. The lowest BCUT2D eigenvalue weighted by Crippen LogP contribution is -2.05. The number of hydrogen-bond donors (Lipinski definition) is 1. The molecule has 0 atom stereocenters. The van der Waals surface area contributed by atoms with Crippen molar-refractivity contribution in [2.45, 2.75) is 0 Å². The maximum atomic E-state index is 4.64. The van der Waals surface area contributed by atoms with Crippen molar-refractivity contribution in [3.05, 3.63) is 71.8 Å². The van der Waals surface area contributed by atoms with Crippen LogP contribution in [-0.4, -0.2) is 16.5 Å². The Balaban J connectivity index is 2.07. The lowest BCUT2D eigenvalue weighted by molar-refractivity contribution is 1.00.